The summed E-state index contributed by atoms with van der Waals surface area (Å²) in [6.45, 7) is 13.4. The first-order chi connectivity index (χ1) is 18.1. The van der Waals surface area contributed by atoms with E-state index >= 15 is 0 Å². The molecule has 0 fully saturated rings. The van der Waals surface area contributed by atoms with Gasteiger partial charge in [-0.1, -0.05) is 42.5 Å². The van der Waals surface area contributed by atoms with Gasteiger partial charge in [0.25, 0.3) is 0 Å². The molecule has 0 aromatic heterocycles. The summed E-state index contributed by atoms with van der Waals surface area (Å²) in [6.07, 6.45) is 1.89. The van der Waals surface area contributed by atoms with Crippen LogP contribution in [0.4, 0.5) is 5.69 Å². The van der Waals surface area contributed by atoms with Crippen LogP contribution in [-0.4, -0.2) is 16.4 Å². The number of fused-ring (bicyclic) bond motifs is 2. The van der Waals surface area contributed by atoms with Crippen molar-refractivity contribution in [2.24, 2.45) is 0 Å². The van der Waals surface area contributed by atoms with Crippen molar-refractivity contribution in [2.45, 2.75) is 71.0 Å². The zero-order valence-corrected chi connectivity index (χ0v) is 24.0. The average molecular weight is 528 g/mol. The highest BCUT2D eigenvalue weighted by molar-refractivity contribution is 7.86. The van der Waals surface area contributed by atoms with E-state index in [2.05, 4.69) is 70.5 Å². The molecule has 0 spiro atoms. The van der Waals surface area contributed by atoms with Crippen molar-refractivity contribution in [3.63, 3.8) is 0 Å². The molecule has 1 N–H and O–H groups in total. The zero-order chi connectivity index (χ0) is 27.0. The normalized spacial score (nSPS) is 15.0. The number of ether oxygens (including phenoxy) is 2. The fourth-order valence-electron chi connectivity index (χ4n) is 5.56. The average Bonchev–Trinajstić information content (AvgIpc) is 2.88. The molecule has 4 aromatic rings. The standard InChI is InChI=1S/C33H37NO3S/c1-21-19-28(34-38(35)30-15-9-12-24-11-7-8-14-27(24)30)22(2)32(23(3)37-33(4,5)6)31(21)26-16-17-29-25(20-26)13-10-18-36-29/h7-9,11-12,14-17,19-20,23,34H,10,13,18H2,1-6H3. The molecule has 198 valence electrons. The SMILES string of the molecule is Cc1cc(NS(=O)c2cccc3ccccc23)c(C)c(C(C)OC(C)(C)C)c1-c1ccc2c(c1)CCCO2. The summed E-state index contributed by atoms with van der Waals surface area (Å²) in [5, 5.41) is 2.07. The van der Waals surface area contributed by atoms with Crippen molar-refractivity contribution in [3.05, 3.63) is 89.0 Å². The molecule has 2 atom stereocenters. The van der Waals surface area contributed by atoms with Gasteiger partial charge in [0.1, 0.15) is 5.75 Å². The van der Waals surface area contributed by atoms with Crippen molar-refractivity contribution in [1.29, 1.82) is 0 Å². The van der Waals surface area contributed by atoms with Gasteiger partial charge in [0.05, 0.1) is 28.9 Å². The van der Waals surface area contributed by atoms with Crippen LogP contribution in [-0.2, 0) is 22.1 Å². The summed E-state index contributed by atoms with van der Waals surface area (Å²) in [6, 6.07) is 22.6. The van der Waals surface area contributed by atoms with Crippen molar-refractivity contribution < 1.29 is 13.7 Å². The van der Waals surface area contributed by atoms with E-state index in [9.17, 15) is 4.21 Å². The van der Waals surface area contributed by atoms with E-state index in [1.807, 2.05) is 42.5 Å². The van der Waals surface area contributed by atoms with Crippen LogP contribution < -0.4 is 9.46 Å². The van der Waals surface area contributed by atoms with E-state index < -0.39 is 11.0 Å². The van der Waals surface area contributed by atoms with Gasteiger partial charge in [0.2, 0.25) is 0 Å². The number of hydrogen-bond acceptors (Lipinski definition) is 3. The molecule has 38 heavy (non-hydrogen) atoms. The molecule has 0 aliphatic carbocycles. The number of aryl methyl sites for hydroxylation is 2. The highest BCUT2D eigenvalue weighted by Crippen LogP contribution is 2.42. The molecule has 0 radical (unpaired) electrons. The lowest BCUT2D eigenvalue weighted by Gasteiger charge is -2.30. The first-order valence-corrected chi connectivity index (χ1v) is 14.5. The Morgan fingerprint density at radius 3 is 2.55 bits per heavy atom. The Balaban J connectivity index is 1.61. The van der Waals surface area contributed by atoms with Gasteiger partial charge in [-0.25, -0.2) is 4.21 Å². The quantitative estimate of drug-likeness (QED) is 0.274. The lowest BCUT2D eigenvalue weighted by Crippen LogP contribution is -2.22. The van der Waals surface area contributed by atoms with Crippen LogP contribution in [0.5, 0.6) is 5.75 Å². The second-order valence-electron chi connectivity index (χ2n) is 11.1. The Bertz CT molecular complexity index is 1510. The van der Waals surface area contributed by atoms with Gasteiger partial charge in [0.15, 0.2) is 11.0 Å². The number of nitrogens with one attached hydrogen (secondary N) is 1. The van der Waals surface area contributed by atoms with E-state index in [1.54, 1.807) is 0 Å². The highest BCUT2D eigenvalue weighted by Gasteiger charge is 2.25. The summed E-state index contributed by atoms with van der Waals surface area (Å²) >= 11 is 0. The monoisotopic (exact) mass is 527 g/mol. The Hall–Kier alpha value is -3.15. The minimum Gasteiger partial charge on any atom is -0.493 e. The van der Waals surface area contributed by atoms with Gasteiger partial charge < -0.3 is 14.2 Å². The second-order valence-corrected chi connectivity index (χ2v) is 12.3. The molecule has 5 heteroatoms. The highest BCUT2D eigenvalue weighted by atomic mass is 32.2. The number of hydrogen-bond donors (Lipinski definition) is 1. The van der Waals surface area contributed by atoms with Gasteiger partial charge in [-0.3, -0.25) is 0 Å². The molecule has 0 amide bonds. The summed E-state index contributed by atoms with van der Waals surface area (Å²) < 4.78 is 29.4. The Labute approximate surface area is 229 Å². The maximum absolute atomic E-state index is 13.7. The van der Waals surface area contributed by atoms with Crippen LogP contribution in [0, 0.1) is 13.8 Å². The summed E-state index contributed by atoms with van der Waals surface area (Å²) in [5.74, 6) is 0.985. The van der Waals surface area contributed by atoms with Gasteiger partial charge in [-0.05, 0) is 123 Å². The second kappa shape index (κ2) is 10.5. The van der Waals surface area contributed by atoms with Gasteiger partial charge in [0, 0.05) is 0 Å². The maximum Gasteiger partial charge on any atom is 0.150 e. The Kier molecular flexibility index (Phi) is 7.34. The lowest BCUT2D eigenvalue weighted by atomic mass is 9.87. The van der Waals surface area contributed by atoms with Crippen molar-refractivity contribution in [3.8, 4) is 16.9 Å². The third-order valence-corrected chi connectivity index (χ3v) is 8.28. The Morgan fingerprint density at radius 2 is 1.76 bits per heavy atom. The van der Waals surface area contributed by atoms with Crippen molar-refractivity contribution >= 4 is 27.4 Å². The third kappa shape index (κ3) is 5.36. The molecule has 4 aromatic carbocycles. The van der Waals surface area contributed by atoms with E-state index in [0.29, 0.717) is 0 Å². The molecular weight excluding hydrogens is 490 g/mol. The first kappa shape index (κ1) is 26.5. The van der Waals surface area contributed by atoms with Crippen LogP contribution in [0.2, 0.25) is 0 Å². The first-order valence-electron chi connectivity index (χ1n) is 13.4. The van der Waals surface area contributed by atoms with Crippen LogP contribution in [0.25, 0.3) is 21.9 Å². The summed E-state index contributed by atoms with van der Waals surface area (Å²) in [7, 11) is -1.43. The third-order valence-electron chi connectivity index (χ3n) is 7.12. The topological polar surface area (TPSA) is 47.6 Å². The fraction of sp³-hybridized carbons (Fsp3) is 0.333. The van der Waals surface area contributed by atoms with Crippen molar-refractivity contribution in [1.82, 2.24) is 0 Å². The molecule has 1 aliphatic heterocycles. The minimum absolute atomic E-state index is 0.163. The van der Waals surface area contributed by atoms with Crippen LogP contribution in [0.1, 0.15) is 62.5 Å². The molecule has 0 bridgehead atoms. The summed E-state index contributed by atoms with van der Waals surface area (Å²) in [4.78, 5) is 0.777. The number of anilines is 1. The van der Waals surface area contributed by atoms with Crippen LogP contribution >= 0.6 is 0 Å². The smallest absolute Gasteiger partial charge is 0.150 e. The van der Waals surface area contributed by atoms with Gasteiger partial charge >= 0.3 is 0 Å². The fourth-order valence-corrected chi connectivity index (χ4v) is 6.67. The van der Waals surface area contributed by atoms with E-state index in [0.717, 1.165) is 68.8 Å². The molecule has 1 heterocycles. The minimum atomic E-state index is -1.43. The van der Waals surface area contributed by atoms with Gasteiger partial charge in [-0.15, -0.1) is 0 Å². The largest absolute Gasteiger partial charge is 0.493 e. The molecule has 4 nitrogen and oxygen atoms in total. The van der Waals surface area contributed by atoms with E-state index in [-0.39, 0.29) is 11.7 Å². The maximum atomic E-state index is 13.7. The van der Waals surface area contributed by atoms with E-state index in [1.165, 1.54) is 11.1 Å². The molecule has 1 aliphatic rings. The van der Waals surface area contributed by atoms with Crippen LogP contribution in [0.15, 0.2) is 71.6 Å². The molecule has 0 saturated carbocycles. The molecule has 0 saturated heterocycles. The zero-order valence-electron chi connectivity index (χ0n) is 23.2. The van der Waals surface area contributed by atoms with E-state index in [4.69, 9.17) is 9.47 Å². The predicted molar refractivity (Wildman–Crippen MR) is 158 cm³/mol. The summed E-state index contributed by atoms with van der Waals surface area (Å²) in [5.41, 5.74) is 7.42. The van der Waals surface area contributed by atoms with Crippen LogP contribution in [0.3, 0.4) is 0 Å². The van der Waals surface area contributed by atoms with Crippen molar-refractivity contribution in [2.75, 3.05) is 11.3 Å². The van der Waals surface area contributed by atoms with Gasteiger partial charge in [-0.2, -0.15) is 0 Å². The molecule has 2 unspecified atom stereocenters. The predicted octanol–water partition coefficient (Wildman–Crippen LogP) is 8.46. The number of rotatable bonds is 6. The molecular formula is C33H37NO3S. The molecule has 5 rings (SSSR count). The number of benzene rings is 4. The lowest BCUT2D eigenvalue weighted by molar-refractivity contribution is -0.0529. The Morgan fingerprint density at radius 1 is 1.00 bits per heavy atom.